The van der Waals surface area contributed by atoms with Gasteiger partial charge in [0.1, 0.15) is 0 Å². The predicted molar refractivity (Wildman–Crippen MR) is 105 cm³/mol. The fourth-order valence-electron chi connectivity index (χ4n) is 2.84. The zero-order chi connectivity index (χ0) is 32.1. The van der Waals surface area contributed by atoms with Crippen LogP contribution in [0.3, 0.4) is 0 Å². The molecule has 0 fully saturated rings. The number of carbonyl (C=O) groups excluding carboxylic acids is 1. The average Bonchev–Trinajstić information content (AvgIpc) is 2.84. The van der Waals surface area contributed by atoms with Crippen LogP contribution in [0.25, 0.3) is 0 Å². The van der Waals surface area contributed by atoms with Gasteiger partial charge in [-0.15, -0.1) is 0 Å². The number of hydrogen-bond donors (Lipinski definition) is 2. The lowest BCUT2D eigenvalue weighted by Crippen LogP contribution is -2.75. The van der Waals surface area contributed by atoms with Crippen LogP contribution in [0.15, 0.2) is 54.6 Å². The van der Waals surface area contributed by atoms with Crippen molar-refractivity contribution >= 4 is 23.0 Å². The Balaban J connectivity index is 2.39. The van der Waals surface area contributed by atoms with E-state index in [9.17, 15) is 79.4 Å². The molecule has 2 rings (SSSR count). The highest BCUT2D eigenvalue weighted by Gasteiger charge is 2.95. The Bertz CT molecular complexity index is 1220. The monoisotopic (exact) mass is 630 g/mol. The topological polar surface area (TPSA) is 41.1 Å². The van der Waals surface area contributed by atoms with Crippen molar-refractivity contribution in [2.75, 3.05) is 10.6 Å². The molecule has 230 valence electrons. The van der Waals surface area contributed by atoms with Crippen molar-refractivity contribution < 1.29 is 79.4 Å². The van der Waals surface area contributed by atoms with Gasteiger partial charge in [0.2, 0.25) is 0 Å². The van der Waals surface area contributed by atoms with Gasteiger partial charge in [-0.1, -0.05) is 18.2 Å². The fourth-order valence-corrected chi connectivity index (χ4v) is 2.84. The largest absolute Gasteiger partial charge is 0.460 e. The summed E-state index contributed by atoms with van der Waals surface area (Å²) in [6.07, 6.45) is -7.84. The molecule has 20 heteroatoms. The third-order valence-corrected chi connectivity index (χ3v) is 5.21. The summed E-state index contributed by atoms with van der Waals surface area (Å²) in [6, 6.07) is 11.0. The molecule has 0 aliphatic rings. The molecule has 0 bridgehead atoms. The Hall–Kier alpha value is -3.48. The van der Waals surface area contributed by atoms with Crippen molar-refractivity contribution in [1.82, 2.24) is 0 Å². The van der Waals surface area contributed by atoms with Crippen LogP contribution < -0.4 is 10.6 Å². The highest BCUT2D eigenvalue weighted by atomic mass is 19.4. The summed E-state index contributed by atoms with van der Waals surface area (Å²) in [5, 5.41) is 3.54. The van der Waals surface area contributed by atoms with E-state index in [0.29, 0.717) is 17.8 Å². The quantitative estimate of drug-likeness (QED) is 0.259. The summed E-state index contributed by atoms with van der Waals surface area (Å²) in [6.45, 7) is 0. The van der Waals surface area contributed by atoms with E-state index in [2.05, 4.69) is 5.32 Å². The van der Waals surface area contributed by atoms with Gasteiger partial charge in [-0.2, -0.15) is 74.6 Å². The summed E-state index contributed by atoms with van der Waals surface area (Å²) in [5.74, 6) is -61.9. The second-order valence-electron chi connectivity index (χ2n) is 8.04. The number of alkyl halides is 17. The SMILES string of the molecule is O=C(Nc1ccc(Nc2ccccc2)cc1)C(F)(F)C(F)(F)C(F)(F)C(F)(F)C(F)(F)C(F)(F)C(F)(F)C(F)(F)F. The smallest absolute Gasteiger partial charge is 0.356 e. The van der Waals surface area contributed by atoms with Crippen molar-refractivity contribution in [1.29, 1.82) is 0 Å². The van der Waals surface area contributed by atoms with Crippen LogP contribution in [-0.2, 0) is 4.79 Å². The van der Waals surface area contributed by atoms with E-state index in [1.807, 2.05) is 0 Å². The van der Waals surface area contributed by atoms with E-state index in [4.69, 9.17) is 0 Å². The van der Waals surface area contributed by atoms with Gasteiger partial charge in [-0.3, -0.25) is 4.79 Å². The second kappa shape index (κ2) is 10.1. The average molecular weight is 630 g/mol. The summed E-state index contributed by atoms with van der Waals surface area (Å²) >= 11 is 0. The van der Waals surface area contributed by atoms with Crippen LogP contribution in [0, 0.1) is 0 Å². The Morgan fingerprint density at radius 2 is 0.780 bits per heavy atom. The molecule has 0 spiro atoms. The maximum Gasteiger partial charge on any atom is 0.460 e. The van der Waals surface area contributed by atoms with Gasteiger partial charge >= 0.3 is 53.5 Å². The summed E-state index contributed by atoms with van der Waals surface area (Å²) in [5.41, 5.74) is -0.355. The van der Waals surface area contributed by atoms with Gasteiger partial charge in [0.05, 0.1) is 0 Å². The molecule has 0 unspecified atom stereocenters. The zero-order valence-corrected chi connectivity index (χ0v) is 19.0. The van der Waals surface area contributed by atoms with E-state index < -0.39 is 59.2 Å². The highest BCUT2D eigenvalue weighted by molar-refractivity contribution is 5.97. The second-order valence-corrected chi connectivity index (χ2v) is 8.04. The van der Waals surface area contributed by atoms with Crippen molar-refractivity contribution in [2.45, 2.75) is 47.6 Å². The minimum absolute atomic E-state index is 0.135. The molecule has 0 saturated heterocycles. The number of anilines is 3. The third kappa shape index (κ3) is 5.20. The number of para-hydroxylation sites is 1. The Labute approximate surface area is 216 Å². The van der Waals surface area contributed by atoms with Crippen LogP contribution in [0.2, 0.25) is 0 Å². The summed E-state index contributed by atoms with van der Waals surface area (Å²) in [4.78, 5) is 11.6. The minimum Gasteiger partial charge on any atom is -0.356 e. The van der Waals surface area contributed by atoms with E-state index in [1.54, 1.807) is 18.2 Å². The highest BCUT2D eigenvalue weighted by Crippen LogP contribution is 2.64. The molecule has 3 nitrogen and oxygen atoms in total. The lowest BCUT2D eigenvalue weighted by atomic mass is 9.89. The summed E-state index contributed by atoms with van der Waals surface area (Å²) in [7, 11) is 0. The normalized spacial score (nSPS) is 14.6. The van der Waals surface area contributed by atoms with Gasteiger partial charge in [0, 0.05) is 17.1 Å². The minimum atomic E-state index is -8.76. The molecule has 2 aromatic carbocycles. The molecule has 0 radical (unpaired) electrons. The van der Waals surface area contributed by atoms with E-state index in [0.717, 1.165) is 17.4 Å². The Morgan fingerprint density at radius 3 is 1.20 bits per heavy atom. The Kier molecular flexibility index (Phi) is 8.31. The number of carbonyl (C=O) groups is 1. The van der Waals surface area contributed by atoms with Crippen molar-refractivity contribution in [3.63, 3.8) is 0 Å². The van der Waals surface area contributed by atoms with Crippen LogP contribution in [0.1, 0.15) is 0 Å². The van der Waals surface area contributed by atoms with E-state index in [1.165, 1.54) is 12.1 Å². The molecule has 2 N–H and O–H groups in total. The Morgan fingerprint density at radius 1 is 0.439 bits per heavy atom. The molecule has 0 aliphatic carbocycles. The molecule has 0 aliphatic heterocycles. The standard InChI is InChI=1S/C21H11F17N2O/c22-14(23,13(41)40-12-8-6-11(7-9-12)39-10-4-2-1-3-5-10)15(24,25)16(26,27)17(28,29)18(30,31)19(32,33)20(34,35)21(36,37)38/h1-9,39H,(H,40,41). The number of benzene rings is 2. The number of halogens is 17. The number of rotatable bonds is 10. The lowest BCUT2D eigenvalue weighted by Gasteiger charge is -2.42. The number of hydrogen-bond acceptors (Lipinski definition) is 2. The molecule has 0 aromatic heterocycles. The van der Waals surface area contributed by atoms with Gasteiger partial charge in [-0.05, 0) is 36.4 Å². The number of nitrogens with one attached hydrogen (secondary N) is 2. The van der Waals surface area contributed by atoms with Crippen molar-refractivity contribution in [3.8, 4) is 0 Å². The van der Waals surface area contributed by atoms with E-state index in [-0.39, 0.29) is 5.69 Å². The first kappa shape index (κ1) is 33.7. The van der Waals surface area contributed by atoms with E-state index >= 15 is 0 Å². The molecule has 1 amide bonds. The maximum atomic E-state index is 14.0. The molecule has 0 atom stereocenters. The molecule has 41 heavy (non-hydrogen) atoms. The molecular weight excluding hydrogens is 619 g/mol. The number of amides is 1. The van der Waals surface area contributed by atoms with Crippen LogP contribution in [0.5, 0.6) is 0 Å². The zero-order valence-electron chi connectivity index (χ0n) is 19.0. The molecule has 0 heterocycles. The van der Waals surface area contributed by atoms with Crippen LogP contribution in [0.4, 0.5) is 91.7 Å². The van der Waals surface area contributed by atoms with Crippen LogP contribution >= 0.6 is 0 Å². The van der Waals surface area contributed by atoms with Gasteiger partial charge in [0.15, 0.2) is 0 Å². The first-order valence-electron chi connectivity index (χ1n) is 10.1. The third-order valence-electron chi connectivity index (χ3n) is 5.21. The molecular formula is C21H11F17N2O. The lowest BCUT2D eigenvalue weighted by molar-refractivity contribution is -0.459. The fraction of sp³-hybridized carbons (Fsp3) is 0.381. The first-order valence-corrected chi connectivity index (χ1v) is 10.1. The van der Waals surface area contributed by atoms with Gasteiger partial charge in [0.25, 0.3) is 0 Å². The molecule has 2 aromatic rings. The predicted octanol–water partition coefficient (Wildman–Crippen LogP) is 8.38. The van der Waals surface area contributed by atoms with Gasteiger partial charge in [-0.25, -0.2) is 0 Å². The molecule has 0 saturated carbocycles. The van der Waals surface area contributed by atoms with Crippen molar-refractivity contribution in [2.24, 2.45) is 0 Å². The van der Waals surface area contributed by atoms with Gasteiger partial charge < -0.3 is 10.6 Å². The van der Waals surface area contributed by atoms with Crippen molar-refractivity contribution in [3.05, 3.63) is 54.6 Å². The van der Waals surface area contributed by atoms with Crippen LogP contribution in [-0.4, -0.2) is 53.5 Å². The summed E-state index contributed by atoms with van der Waals surface area (Å²) < 4.78 is 227. The maximum absolute atomic E-state index is 14.0. The first-order chi connectivity index (χ1) is 18.2.